The van der Waals surface area contributed by atoms with Crippen LogP contribution in [0.15, 0.2) is 6.07 Å². The van der Waals surface area contributed by atoms with Crippen molar-refractivity contribution in [2.45, 2.75) is 24.9 Å². The molecule has 1 unspecified atom stereocenters. The Kier molecular flexibility index (Phi) is 3.98. The van der Waals surface area contributed by atoms with E-state index in [4.69, 9.17) is 30.5 Å². The number of halogens is 1. The summed E-state index contributed by atoms with van der Waals surface area (Å²) in [5.74, 6) is 1.48. The van der Waals surface area contributed by atoms with Gasteiger partial charge in [-0.3, -0.25) is 0 Å². The molecule has 2 fully saturated rings. The van der Waals surface area contributed by atoms with E-state index in [0.717, 1.165) is 49.5 Å². The van der Waals surface area contributed by atoms with Crippen molar-refractivity contribution in [2.24, 2.45) is 5.92 Å². The van der Waals surface area contributed by atoms with Gasteiger partial charge in [0.1, 0.15) is 16.5 Å². The zero-order valence-electron chi connectivity index (χ0n) is 12.5. The van der Waals surface area contributed by atoms with Crippen molar-refractivity contribution in [2.75, 3.05) is 39.6 Å². The van der Waals surface area contributed by atoms with Crippen LogP contribution in [0, 0.1) is 5.92 Å². The normalized spacial score (nSPS) is 27.7. The molecule has 4 heterocycles. The Morgan fingerprint density at radius 2 is 2.23 bits per heavy atom. The molecule has 0 bridgehead atoms. The molecule has 1 spiro atoms. The van der Waals surface area contributed by atoms with Gasteiger partial charge in [-0.05, 0) is 6.42 Å². The van der Waals surface area contributed by atoms with Crippen LogP contribution in [0.5, 0.6) is 5.75 Å². The molecular formula is C16H20ClNO4. The number of nitrogens with zero attached hydrogens (tertiary/aromatic N) is 1. The molecular weight excluding hydrogens is 306 g/mol. The lowest BCUT2D eigenvalue weighted by atomic mass is 9.90. The number of rotatable bonds is 4. The van der Waals surface area contributed by atoms with Crippen LogP contribution < -0.4 is 4.74 Å². The zero-order chi connectivity index (χ0) is 15.0. The maximum absolute atomic E-state index is 6.22. The SMILES string of the molecule is Clc1cc(OCCC2COC2)c2c(n1)C1(CCOC1)OCC2. The van der Waals surface area contributed by atoms with Gasteiger partial charge in [0.05, 0.1) is 38.7 Å². The predicted octanol–water partition coefficient (Wildman–Crippen LogP) is 2.34. The monoisotopic (exact) mass is 325 g/mol. The summed E-state index contributed by atoms with van der Waals surface area (Å²) in [6, 6.07) is 1.83. The summed E-state index contributed by atoms with van der Waals surface area (Å²) in [5, 5.41) is 0.456. The molecule has 3 aliphatic rings. The number of hydrogen-bond acceptors (Lipinski definition) is 5. The largest absolute Gasteiger partial charge is 0.493 e. The van der Waals surface area contributed by atoms with Gasteiger partial charge < -0.3 is 18.9 Å². The molecule has 2 saturated heterocycles. The first-order valence-electron chi connectivity index (χ1n) is 7.89. The Morgan fingerprint density at radius 1 is 1.32 bits per heavy atom. The first kappa shape index (κ1) is 14.7. The lowest BCUT2D eigenvalue weighted by Crippen LogP contribution is -2.37. The van der Waals surface area contributed by atoms with Crippen LogP contribution in [0.25, 0.3) is 0 Å². The van der Waals surface area contributed by atoms with E-state index < -0.39 is 5.60 Å². The average Bonchev–Trinajstić information content (AvgIpc) is 2.92. The maximum atomic E-state index is 6.22. The Bertz CT molecular complexity index is 555. The molecule has 0 aliphatic carbocycles. The Balaban J connectivity index is 1.57. The molecule has 0 aromatic carbocycles. The Morgan fingerprint density at radius 3 is 2.95 bits per heavy atom. The third-order valence-electron chi connectivity index (χ3n) is 4.69. The fourth-order valence-corrected chi connectivity index (χ4v) is 3.50. The third kappa shape index (κ3) is 2.60. The summed E-state index contributed by atoms with van der Waals surface area (Å²) in [7, 11) is 0. The molecule has 0 radical (unpaired) electrons. The van der Waals surface area contributed by atoms with Crippen molar-refractivity contribution in [1.29, 1.82) is 0 Å². The number of fused-ring (bicyclic) bond motifs is 2. The molecule has 1 aromatic rings. The fraction of sp³-hybridized carbons (Fsp3) is 0.688. The van der Waals surface area contributed by atoms with Crippen molar-refractivity contribution in [1.82, 2.24) is 4.98 Å². The minimum absolute atomic E-state index is 0.432. The predicted molar refractivity (Wildman–Crippen MR) is 80.4 cm³/mol. The van der Waals surface area contributed by atoms with Crippen molar-refractivity contribution >= 4 is 11.6 Å². The van der Waals surface area contributed by atoms with E-state index in [2.05, 4.69) is 4.98 Å². The first-order chi connectivity index (χ1) is 10.8. The highest BCUT2D eigenvalue weighted by atomic mass is 35.5. The number of ether oxygens (including phenoxy) is 4. The third-order valence-corrected chi connectivity index (χ3v) is 4.88. The minimum atomic E-state index is -0.432. The van der Waals surface area contributed by atoms with E-state index in [-0.39, 0.29) is 0 Å². The molecule has 0 saturated carbocycles. The standard InChI is InChI=1S/C16H20ClNO4/c17-14-7-13(21-4-1-11-8-20-9-11)12-2-5-22-16(15(12)18-14)3-6-19-10-16/h7,11H,1-6,8-10H2. The molecule has 6 heteroatoms. The van der Waals surface area contributed by atoms with E-state index in [1.54, 1.807) is 0 Å². The van der Waals surface area contributed by atoms with Crippen molar-refractivity contribution in [3.05, 3.63) is 22.5 Å². The number of pyridine rings is 1. The van der Waals surface area contributed by atoms with Gasteiger partial charge in [0.25, 0.3) is 0 Å². The van der Waals surface area contributed by atoms with Gasteiger partial charge in [-0.15, -0.1) is 0 Å². The van der Waals surface area contributed by atoms with Crippen LogP contribution in [-0.2, 0) is 26.2 Å². The second kappa shape index (κ2) is 5.96. The number of aromatic nitrogens is 1. The van der Waals surface area contributed by atoms with E-state index in [1.807, 2.05) is 6.07 Å². The second-order valence-corrected chi connectivity index (χ2v) is 6.59. The highest BCUT2D eigenvalue weighted by Crippen LogP contribution is 2.42. The average molecular weight is 326 g/mol. The summed E-state index contributed by atoms with van der Waals surface area (Å²) in [6.45, 7) is 4.31. The maximum Gasteiger partial charge on any atom is 0.136 e. The summed E-state index contributed by atoms with van der Waals surface area (Å²) in [5.41, 5.74) is 1.61. The molecule has 0 amide bonds. The van der Waals surface area contributed by atoms with E-state index in [1.165, 1.54) is 0 Å². The second-order valence-electron chi connectivity index (χ2n) is 6.21. The zero-order valence-corrected chi connectivity index (χ0v) is 13.2. The Labute approximate surface area is 134 Å². The van der Waals surface area contributed by atoms with E-state index in [9.17, 15) is 0 Å². The molecule has 4 rings (SSSR count). The van der Waals surface area contributed by atoms with Crippen LogP contribution in [0.3, 0.4) is 0 Å². The van der Waals surface area contributed by atoms with Crippen molar-refractivity contribution < 1.29 is 18.9 Å². The number of hydrogen-bond donors (Lipinski definition) is 0. The van der Waals surface area contributed by atoms with Crippen LogP contribution in [-0.4, -0.2) is 44.6 Å². The van der Waals surface area contributed by atoms with Gasteiger partial charge in [-0.2, -0.15) is 0 Å². The molecule has 1 atom stereocenters. The van der Waals surface area contributed by atoms with Crippen LogP contribution in [0.4, 0.5) is 0 Å². The van der Waals surface area contributed by atoms with Gasteiger partial charge in [-0.1, -0.05) is 11.6 Å². The smallest absolute Gasteiger partial charge is 0.136 e. The molecule has 5 nitrogen and oxygen atoms in total. The van der Waals surface area contributed by atoms with Gasteiger partial charge in [0.2, 0.25) is 0 Å². The summed E-state index contributed by atoms with van der Waals surface area (Å²) >= 11 is 6.22. The minimum Gasteiger partial charge on any atom is -0.493 e. The first-order valence-corrected chi connectivity index (χ1v) is 8.27. The van der Waals surface area contributed by atoms with Gasteiger partial charge in [-0.25, -0.2) is 4.98 Å². The van der Waals surface area contributed by atoms with Crippen LogP contribution in [0.2, 0.25) is 5.15 Å². The van der Waals surface area contributed by atoms with E-state index in [0.29, 0.717) is 37.5 Å². The molecule has 0 N–H and O–H groups in total. The molecule has 22 heavy (non-hydrogen) atoms. The fourth-order valence-electron chi connectivity index (χ4n) is 3.32. The summed E-state index contributed by atoms with van der Waals surface area (Å²) in [6.07, 6.45) is 2.65. The van der Waals surface area contributed by atoms with Crippen molar-refractivity contribution in [3.63, 3.8) is 0 Å². The highest BCUT2D eigenvalue weighted by molar-refractivity contribution is 6.29. The van der Waals surface area contributed by atoms with Gasteiger partial charge in [0.15, 0.2) is 0 Å². The topological polar surface area (TPSA) is 49.8 Å². The van der Waals surface area contributed by atoms with Gasteiger partial charge in [0, 0.05) is 37.0 Å². The van der Waals surface area contributed by atoms with Gasteiger partial charge >= 0.3 is 0 Å². The van der Waals surface area contributed by atoms with Crippen LogP contribution in [0.1, 0.15) is 24.1 Å². The summed E-state index contributed by atoms with van der Waals surface area (Å²) in [4.78, 5) is 4.54. The Hall–Kier alpha value is -0.880. The molecule has 1 aromatic heterocycles. The molecule has 120 valence electrons. The van der Waals surface area contributed by atoms with Crippen molar-refractivity contribution in [3.8, 4) is 5.75 Å². The molecule has 3 aliphatic heterocycles. The highest BCUT2D eigenvalue weighted by Gasteiger charge is 2.44. The van der Waals surface area contributed by atoms with Crippen LogP contribution >= 0.6 is 11.6 Å². The summed E-state index contributed by atoms with van der Waals surface area (Å²) < 4.78 is 22.8. The lowest BCUT2D eigenvalue weighted by molar-refractivity contribution is -0.0671. The quantitative estimate of drug-likeness (QED) is 0.795. The van der Waals surface area contributed by atoms with E-state index >= 15 is 0 Å². The lowest BCUT2D eigenvalue weighted by Gasteiger charge is -2.34.